The van der Waals surface area contributed by atoms with Crippen LogP contribution in [0, 0.1) is 23.7 Å². The molecule has 4 amide bonds. The molecule has 61 heavy (non-hydrogen) atoms. The molecule has 0 bridgehead atoms. The lowest BCUT2D eigenvalue weighted by atomic mass is 10.00. The molecule has 0 aliphatic carbocycles. The first kappa shape index (κ1) is 44.8. The van der Waals surface area contributed by atoms with Gasteiger partial charge in [0.2, 0.25) is 11.8 Å². The number of methoxy groups -OCH3 is 2. The molecule has 0 spiro atoms. The van der Waals surface area contributed by atoms with E-state index in [4.69, 9.17) is 14.5 Å². The fourth-order valence-electron chi connectivity index (χ4n) is 7.62. The van der Waals surface area contributed by atoms with Crippen molar-refractivity contribution in [2.24, 2.45) is 11.8 Å². The smallest absolute Gasteiger partial charge is 0.407 e. The van der Waals surface area contributed by atoms with Gasteiger partial charge in [0, 0.05) is 29.8 Å². The molecule has 324 valence electrons. The Bertz CT molecular complexity index is 2240. The van der Waals surface area contributed by atoms with Gasteiger partial charge in [0.1, 0.15) is 23.7 Å². The average molecular weight is 853 g/mol. The van der Waals surface area contributed by atoms with Crippen molar-refractivity contribution in [3.05, 3.63) is 83.7 Å². The number of ether oxygens (including phenoxy) is 2. The summed E-state index contributed by atoms with van der Waals surface area (Å²) in [6, 6.07) is 13.6. The fourth-order valence-corrected chi connectivity index (χ4v) is 9.28. The quantitative estimate of drug-likeness (QED) is 0.0997. The lowest BCUT2D eigenvalue weighted by molar-refractivity contribution is -0.138. The van der Waals surface area contributed by atoms with Gasteiger partial charge in [-0.3, -0.25) is 9.59 Å². The SMILES string of the molecule is COC(=O)N[C@H](C(=O)N1CCC[C@H]1c1ncc(-c2ccc(C#Cc3ccc(-c4cnc([C@@H]5CSC(CC(C)(C)O)N5C(=O)[C@@H](NC(=O)OC)C(C)C)[nH]4)cc3)cc2)[nH]1)C(C)C. The number of rotatable bonds is 12. The standard InChI is InChI=1S/C45H56N8O7S/c1-26(2)37(50-43(56)59-7)41(54)52-21-9-10-34(52)39-46-23-32(48-39)30-17-13-28(14-18-30)11-12-29-15-19-31(20-16-29)33-24-47-40(49-33)35-25-61-36(22-45(5,6)58)53(35)42(55)38(27(3)4)51-44(57)60-8/h13-20,23-24,26-27,34-38,58H,9-10,21-22,25H2,1-8H3,(H,46,48)(H,47,49)(H,50,56)(H,51,57)/t34-,35-,36?,37-,38-/m0/s1. The van der Waals surface area contributed by atoms with Gasteiger partial charge >= 0.3 is 12.2 Å². The molecule has 2 aromatic carbocycles. The Labute approximate surface area is 361 Å². The first-order chi connectivity index (χ1) is 29.1. The van der Waals surface area contributed by atoms with E-state index in [0.717, 1.165) is 46.5 Å². The molecule has 15 nitrogen and oxygen atoms in total. The van der Waals surface area contributed by atoms with E-state index in [0.29, 0.717) is 30.4 Å². The number of hydrogen-bond donors (Lipinski definition) is 5. The van der Waals surface area contributed by atoms with Gasteiger partial charge in [-0.25, -0.2) is 19.6 Å². The molecule has 6 rings (SSSR count). The minimum Gasteiger partial charge on any atom is -0.453 e. The van der Waals surface area contributed by atoms with E-state index < -0.39 is 35.9 Å². The van der Waals surface area contributed by atoms with Crippen molar-refractivity contribution in [3.8, 4) is 34.4 Å². The number of alkyl carbamates (subject to hydrolysis) is 2. The van der Waals surface area contributed by atoms with Crippen LogP contribution in [0.15, 0.2) is 60.9 Å². The number of carbonyl (C=O) groups is 4. The van der Waals surface area contributed by atoms with Gasteiger partial charge in [-0.15, -0.1) is 11.8 Å². The summed E-state index contributed by atoms with van der Waals surface area (Å²) in [5.41, 5.74) is 4.11. The molecule has 2 aliphatic rings. The molecule has 2 fully saturated rings. The van der Waals surface area contributed by atoms with Crippen LogP contribution in [0.5, 0.6) is 0 Å². The van der Waals surface area contributed by atoms with Gasteiger partial charge in [-0.05, 0) is 73.9 Å². The number of aromatic nitrogens is 4. The largest absolute Gasteiger partial charge is 0.453 e. The summed E-state index contributed by atoms with van der Waals surface area (Å²) in [5.74, 6) is 7.65. The maximum atomic E-state index is 14.1. The van der Waals surface area contributed by atoms with Crippen molar-refractivity contribution in [1.29, 1.82) is 0 Å². The van der Waals surface area contributed by atoms with E-state index in [1.54, 1.807) is 47.8 Å². The fraction of sp³-hybridized carbons (Fsp3) is 0.467. The van der Waals surface area contributed by atoms with Crippen molar-refractivity contribution >= 4 is 35.8 Å². The van der Waals surface area contributed by atoms with Crippen LogP contribution in [-0.2, 0) is 19.1 Å². The van der Waals surface area contributed by atoms with Crippen molar-refractivity contribution < 1.29 is 33.8 Å². The summed E-state index contributed by atoms with van der Waals surface area (Å²) in [5, 5.41) is 15.8. The van der Waals surface area contributed by atoms with Crippen LogP contribution < -0.4 is 10.6 Å². The molecule has 2 aromatic heterocycles. The zero-order valence-electron chi connectivity index (χ0n) is 35.9. The van der Waals surface area contributed by atoms with E-state index in [9.17, 15) is 24.3 Å². The Morgan fingerprint density at radius 1 is 0.803 bits per heavy atom. The number of carbonyl (C=O) groups excluding carboxylic acids is 4. The number of nitrogens with one attached hydrogen (secondary N) is 4. The predicted molar refractivity (Wildman–Crippen MR) is 233 cm³/mol. The van der Waals surface area contributed by atoms with E-state index in [-0.39, 0.29) is 35.1 Å². The number of imidazole rings is 2. The summed E-state index contributed by atoms with van der Waals surface area (Å²) in [6.45, 7) is 11.5. The minimum absolute atomic E-state index is 0.115. The summed E-state index contributed by atoms with van der Waals surface area (Å²) < 4.78 is 9.56. The Hall–Kier alpha value is -5.79. The van der Waals surface area contributed by atoms with Crippen molar-refractivity contribution in [1.82, 2.24) is 40.4 Å². The highest BCUT2D eigenvalue weighted by molar-refractivity contribution is 8.00. The lowest BCUT2D eigenvalue weighted by Crippen LogP contribution is -2.53. The topological polar surface area (TPSA) is 195 Å². The van der Waals surface area contributed by atoms with Gasteiger partial charge in [-0.1, -0.05) is 63.8 Å². The molecule has 2 aliphatic heterocycles. The third kappa shape index (κ3) is 10.8. The Kier molecular flexibility index (Phi) is 14.1. The van der Waals surface area contributed by atoms with Crippen molar-refractivity contribution in [3.63, 3.8) is 0 Å². The first-order valence-electron chi connectivity index (χ1n) is 20.5. The molecule has 5 N–H and O–H groups in total. The highest BCUT2D eigenvalue weighted by Gasteiger charge is 2.45. The van der Waals surface area contributed by atoms with Crippen LogP contribution >= 0.6 is 11.8 Å². The van der Waals surface area contributed by atoms with Crippen LogP contribution in [0.25, 0.3) is 22.5 Å². The average Bonchev–Trinajstić information content (AvgIpc) is 4.07. The number of H-pyrrole nitrogens is 2. The second-order valence-corrected chi connectivity index (χ2v) is 18.0. The Morgan fingerprint density at radius 2 is 1.28 bits per heavy atom. The maximum Gasteiger partial charge on any atom is 0.407 e. The van der Waals surface area contributed by atoms with Crippen LogP contribution in [0.4, 0.5) is 9.59 Å². The maximum absolute atomic E-state index is 14.1. The number of nitrogens with zero attached hydrogens (tertiary/aromatic N) is 4. The molecule has 0 saturated carbocycles. The number of benzene rings is 2. The number of hydrogen-bond acceptors (Lipinski definition) is 10. The Balaban J connectivity index is 1.11. The monoisotopic (exact) mass is 852 g/mol. The third-order valence-corrected chi connectivity index (χ3v) is 12.2. The van der Waals surface area contributed by atoms with E-state index in [1.807, 2.05) is 76.2 Å². The van der Waals surface area contributed by atoms with Gasteiger partial charge in [0.25, 0.3) is 0 Å². The van der Waals surface area contributed by atoms with E-state index in [1.165, 1.54) is 14.2 Å². The molecule has 2 saturated heterocycles. The van der Waals surface area contributed by atoms with Crippen LogP contribution in [0.1, 0.15) is 95.7 Å². The lowest BCUT2D eigenvalue weighted by Gasteiger charge is -2.35. The van der Waals surface area contributed by atoms with Gasteiger partial charge < -0.3 is 45.0 Å². The highest BCUT2D eigenvalue weighted by Crippen LogP contribution is 2.42. The molecule has 4 aromatic rings. The normalized spacial score (nSPS) is 18.7. The number of likely N-dealkylation sites (tertiary alicyclic amines) is 1. The van der Waals surface area contributed by atoms with E-state index in [2.05, 4.69) is 37.4 Å². The van der Waals surface area contributed by atoms with Gasteiger partial charge in [0.15, 0.2) is 0 Å². The molecule has 0 radical (unpaired) electrons. The summed E-state index contributed by atoms with van der Waals surface area (Å²) in [4.78, 5) is 71.5. The number of aromatic amines is 2. The second kappa shape index (κ2) is 19.3. The number of thioether (sulfide) groups is 1. The second-order valence-electron chi connectivity index (χ2n) is 16.7. The molecule has 5 atom stereocenters. The predicted octanol–water partition coefficient (Wildman–Crippen LogP) is 6.39. The van der Waals surface area contributed by atoms with Crippen LogP contribution in [-0.4, -0.2) is 108 Å². The number of amides is 4. The Morgan fingerprint density at radius 3 is 1.74 bits per heavy atom. The van der Waals surface area contributed by atoms with Gasteiger partial charge in [-0.2, -0.15) is 0 Å². The van der Waals surface area contributed by atoms with Gasteiger partial charge in [0.05, 0.1) is 61.1 Å². The first-order valence-corrected chi connectivity index (χ1v) is 21.6. The summed E-state index contributed by atoms with van der Waals surface area (Å²) in [6.07, 6.45) is 4.16. The summed E-state index contributed by atoms with van der Waals surface area (Å²) in [7, 11) is 2.55. The van der Waals surface area contributed by atoms with E-state index >= 15 is 0 Å². The van der Waals surface area contributed by atoms with Crippen molar-refractivity contribution in [2.45, 2.75) is 95.9 Å². The van der Waals surface area contributed by atoms with Crippen molar-refractivity contribution in [2.75, 3.05) is 26.5 Å². The third-order valence-electron chi connectivity index (χ3n) is 10.9. The zero-order chi connectivity index (χ0) is 44.0. The van der Waals surface area contributed by atoms with Crippen LogP contribution in [0.2, 0.25) is 0 Å². The number of aliphatic hydroxyl groups is 1. The minimum atomic E-state index is -1.02. The molecule has 1 unspecified atom stereocenters. The molecule has 16 heteroatoms. The molecular formula is C45H56N8O7S. The van der Waals surface area contributed by atoms with Crippen LogP contribution in [0.3, 0.4) is 0 Å². The molecular weight excluding hydrogens is 797 g/mol. The molecule has 4 heterocycles. The summed E-state index contributed by atoms with van der Waals surface area (Å²) >= 11 is 1.58. The zero-order valence-corrected chi connectivity index (χ0v) is 36.8. The highest BCUT2D eigenvalue weighted by atomic mass is 32.2.